The van der Waals surface area contributed by atoms with Crippen LogP contribution in [0, 0.1) is 5.92 Å². The second kappa shape index (κ2) is 4.64. The number of aliphatic carboxylic acids is 1. The normalized spacial score (nSPS) is 16.2. The molecule has 13 heavy (non-hydrogen) atoms. The van der Waals surface area contributed by atoms with E-state index in [0.29, 0.717) is 5.92 Å². The van der Waals surface area contributed by atoms with Gasteiger partial charge in [-0.1, -0.05) is 34.6 Å². The van der Waals surface area contributed by atoms with Gasteiger partial charge < -0.3 is 5.11 Å². The first-order valence-corrected chi connectivity index (χ1v) is 6.38. The molecular weight excluding hydrogens is 281 g/mol. The van der Waals surface area contributed by atoms with Gasteiger partial charge in [0.15, 0.2) is 5.70 Å². The fourth-order valence-corrected chi connectivity index (χ4v) is 3.46. The Hall–Kier alpha value is -0.520. The van der Waals surface area contributed by atoms with E-state index < -0.39 is 5.97 Å². The Bertz CT molecular complexity index is 303. The molecule has 0 amide bonds. The maximum absolute atomic E-state index is 10.5. The Balaban J connectivity index is 2.68. The zero-order valence-corrected chi connectivity index (χ0v) is 9.78. The highest BCUT2D eigenvalue weighted by atomic mass is 127. The van der Waals surface area contributed by atoms with Gasteiger partial charge in [0.25, 0.3) is 0 Å². The molecule has 0 aromatic heterocycles. The van der Waals surface area contributed by atoms with Crippen LogP contribution in [-0.4, -0.2) is 20.8 Å². The lowest BCUT2D eigenvalue weighted by molar-refractivity contribution is -0.132. The van der Waals surface area contributed by atoms with Gasteiger partial charge in [-0.3, -0.25) is 0 Å². The van der Waals surface area contributed by atoms with Gasteiger partial charge in [0.2, 0.25) is 0 Å². The monoisotopic (exact) mass is 293 g/mol. The first-order valence-electron chi connectivity index (χ1n) is 4.06. The summed E-state index contributed by atoms with van der Waals surface area (Å²) in [7, 11) is 0. The molecule has 0 aliphatic carbocycles. The molecule has 1 aliphatic heterocycles. The predicted molar refractivity (Wildman–Crippen MR) is 62.7 cm³/mol. The average molecular weight is 293 g/mol. The number of carboxylic acid groups (broad SMARTS) is 1. The topological polar surface area (TPSA) is 49.7 Å². The lowest BCUT2D eigenvalue weighted by Crippen LogP contribution is -2.06. The van der Waals surface area contributed by atoms with E-state index in [1.165, 1.54) is 3.51 Å². The molecule has 0 saturated carbocycles. The van der Waals surface area contributed by atoms with Crippen molar-refractivity contribution in [1.82, 2.24) is 0 Å². The summed E-state index contributed by atoms with van der Waals surface area (Å²) in [6.07, 6.45) is 2.77. The smallest absolute Gasteiger partial charge is 0.354 e. The molecule has 0 aromatic carbocycles. The quantitative estimate of drug-likeness (QED) is 0.811. The summed E-state index contributed by atoms with van der Waals surface area (Å²) in [5, 5.41) is 8.63. The minimum Gasteiger partial charge on any atom is -0.476 e. The third kappa shape index (κ3) is 3.38. The summed E-state index contributed by atoms with van der Waals surface area (Å²) in [6, 6.07) is 0. The van der Waals surface area contributed by atoms with E-state index in [9.17, 15) is 4.79 Å². The summed E-state index contributed by atoms with van der Waals surface area (Å²) in [5.41, 5.74) is 0.209. The van der Waals surface area contributed by atoms with Gasteiger partial charge in [0.1, 0.15) is 0 Å². The molecule has 0 radical (unpaired) electrons. The number of halogens is 1. The number of aliphatic imine (C=N–C) groups is 1. The molecular formula is C9H12INO2. The van der Waals surface area contributed by atoms with E-state index >= 15 is 0 Å². The van der Waals surface area contributed by atoms with Crippen LogP contribution in [0.3, 0.4) is 0 Å². The first-order chi connectivity index (χ1) is 6.09. The van der Waals surface area contributed by atoms with Crippen molar-refractivity contribution < 1.29 is 9.90 Å². The summed E-state index contributed by atoms with van der Waals surface area (Å²) >= 11 is -0.234. The minimum atomic E-state index is -0.917. The third-order valence-corrected chi connectivity index (χ3v) is 3.88. The van der Waals surface area contributed by atoms with Crippen LogP contribution in [0.5, 0.6) is 0 Å². The van der Waals surface area contributed by atoms with Crippen molar-refractivity contribution in [2.24, 2.45) is 10.9 Å². The van der Waals surface area contributed by atoms with Crippen molar-refractivity contribution >= 4 is 36.4 Å². The van der Waals surface area contributed by atoms with Crippen molar-refractivity contribution in [2.75, 3.05) is 0 Å². The number of carbonyl (C=O) groups is 1. The molecule has 3 nitrogen and oxygen atoms in total. The summed E-state index contributed by atoms with van der Waals surface area (Å²) < 4.78 is 3.10. The van der Waals surface area contributed by atoms with Gasteiger partial charge in [0.05, 0.1) is 0 Å². The molecule has 72 valence electrons. The van der Waals surface area contributed by atoms with Gasteiger partial charge in [-0.15, -0.1) is 0 Å². The summed E-state index contributed by atoms with van der Waals surface area (Å²) in [5.74, 6) is -0.291. The number of hydrogen-bond donors (Lipinski definition) is 1. The Labute approximate surface area is 87.3 Å². The summed E-state index contributed by atoms with van der Waals surface area (Å²) in [6.45, 7) is 4.31. The van der Waals surface area contributed by atoms with Crippen molar-refractivity contribution in [1.29, 1.82) is 0 Å². The minimum absolute atomic E-state index is 0.209. The highest BCUT2D eigenvalue weighted by molar-refractivity contribution is 14.2. The standard InChI is InChI=1S/C9H12INO2/c1-6(2)3-7-5-11-8(4-10-7)9(12)13/h4-6H,3H2,1-2H3,(H,12,13). The first kappa shape index (κ1) is 10.6. The van der Waals surface area contributed by atoms with Gasteiger partial charge in [-0.25, -0.2) is 9.79 Å². The number of nitrogens with zero attached hydrogens (tertiary/aromatic N) is 1. The predicted octanol–water partition coefficient (Wildman–Crippen LogP) is 2.19. The Morgan fingerprint density at radius 1 is 1.69 bits per heavy atom. The molecule has 0 bridgehead atoms. The molecule has 0 unspecified atom stereocenters. The lowest BCUT2D eigenvalue weighted by Gasteiger charge is -2.06. The van der Waals surface area contributed by atoms with Crippen LogP contribution in [0.25, 0.3) is 0 Å². The maximum Gasteiger partial charge on any atom is 0.354 e. The van der Waals surface area contributed by atoms with Crippen molar-refractivity contribution in [2.45, 2.75) is 20.3 Å². The fraction of sp³-hybridized carbons (Fsp3) is 0.444. The zero-order valence-electron chi connectivity index (χ0n) is 7.62. The highest BCUT2D eigenvalue weighted by Gasteiger charge is 2.08. The van der Waals surface area contributed by atoms with Gasteiger partial charge >= 0.3 is 5.97 Å². The average Bonchev–Trinajstić information content (AvgIpc) is 2.04. The molecule has 1 heterocycles. The van der Waals surface area contributed by atoms with Crippen LogP contribution >= 0.6 is 20.7 Å². The Kier molecular flexibility index (Phi) is 3.77. The van der Waals surface area contributed by atoms with Crippen LogP contribution in [0.2, 0.25) is 0 Å². The van der Waals surface area contributed by atoms with E-state index in [2.05, 4.69) is 18.8 Å². The van der Waals surface area contributed by atoms with Crippen molar-refractivity contribution in [3.05, 3.63) is 9.78 Å². The van der Waals surface area contributed by atoms with Crippen molar-refractivity contribution in [3.8, 4) is 0 Å². The molecule has 1 aliphatic rings. The fourth-order valence-electron chi connectivity index (χ4n) is 0.907. The van der Waals surface area contributed by atoms with E-state index in [0.717, 1.165) is 6.42 Å². The Morgan fingerprint density at radius 3 is 2.77 bits per heavy atom. The second-order valence-electron chi connectivity index (χ2n) is 3.21. The second-order valence-corrected chi connectivity index (χ2v) is 5.84. The van der Waals surface area contributed by atoms with E-state index in [1.807, 2.05) is 0 Å². The summed E-state index contributed by atoms with van der Waals surface area (Å²) in [4.78, 5) is 14.4. The number of carboxylic acids is 1. The number of hydrogen-bond acceptors (Lipinski definition) is 2. The van der Waals surface area contributed by atoms with Crippen LogP contribution < -0.4 is 0 Å². The van der Waals surface area contributed by atoms with Crippen LogP contribution in [-0.2, 0) is 4.79 Å². The maximum atomic E-state index is 10.5. The van der Waals surface area contributed by atoms with Gasteiger partial charge in [0, 0.05) is 13.8 Å². The molecule has 0 fully saturated rings. The molecule has 0 aromatic rings. The van der Waals surface area contributed by atoms with Crippen LogP contribution in [0.4, 0.5) is 0 Å². The SMILES string of the molecule is CC(C)CC1=IC=C(C(=O)O)N=C1. The Morgan fingerprint density at radius 2 is 2.38 bits per heavy atom. The van der Waals surface area contributed by atoms with E-state index in [4.69, 9.17) is 5.11 Å². The van der Waals surface area contributed by atoms with Crippen LogP contribution in [0.1, 0.15) is 20.3 Å². The van der Waals surface area contributed by atoms with Crippen LogP contribution in [0.15, 0.2) is 14.8 Å². The molecule has 1 rings (SSSR count). The largest absolute Gasteiger partial charge is 0.476 e. The van der Waals surface area contributed by atoms with Crippen molar-refractivity contribution in [3.63, 3.8) is 0 Å². The molecule has 0 saturated heterocycles. The van der Waals surface area contributed by atoms with E-state index in [1.54, 1.807) is 10.3 Å². The van der Waals surface area contributed by atoms with E-state index in [-0.39, 0.29) is 26.4 Å². The molecule has 4 heteroatoms. The number of rotatable bonds is 3. The zero-order chi connectivity index (χ0) is 9.84. The lowest BCUT2D eigenvalue weighted by atomic mass is 10.1. The third-order valence-electron chi connectivity index (χ3n) is 1.46. The van der Waals surface area contributed by atoms with Gasteiger partial charge in [-0.05, 0) is 12.3 Å². The molecule has 0 atom stereocenters. The highest BCUT2D eigenvalue weighted by Crippen LogP contribution is 2.17. The molecule has 1 N–H and O–H groups in total. The molecule has 0 spiro atoms. The van der Waals surface area contributed by atoms with Gasteiger partial charge in [-0.2, -0.15) is 0 Å².